The highest BCUT2D eigenvalue weighted by atomic mass is 35.5. The van der Waals surface area contributed by atoms with Crippen LogP contribution in [0.15, 0.2) is 51.6 Å². The van der Waals surface area contributed by atoms with E-state index in [2.05, 4.69) is 9.97 Å². The van der Waals surface area contributed by atoms with Crippen LogP contribution in [0.25, 0.3) is 27.4 Å². The molecule has 2 aromatic carbocycles. The fourth-order valence-electron chi connectivity index (χ4n) is 3.93. The van der Waals surface area contributed by atoms with Gasteiger partial charge in [0.1, 0.15) is 17.3 Å². The van der Waals surface area contributed by atoms with E-state index >= 15 is 4.39 Å². The van der Waals surface area contributed by atoms with Crippen molar-refractivity contribution in [2.24, 2.45) is 0 Å². The van der Waals surface area contributed by atoms with Crippen LogP contribution in [-0.2, 0) is 6.61 Å². The minimum Gasteiger partial charge on any atom is -0.493 e. The SMILES string of the molecule is COc1cc(F)c(-n2c(=O)[nH]c3csc(C(=O)O)c3c2=O)cc1OCc1c(F)cc(Cl)c2ccncc12. The zero-order chi connectivity index (χ0) is 26.4. The molecule has 3 heterocycles. The molecule has 188 valence electrons. The molecule has 0 unspecified atom stereocenters. The van der Waals surface area contributed by atoms with Gasteiger partial charge in [-0.3, -0.25) is 9.78 Å². The molecule has 2 N–H and O–H groups in total. The van der Waals surface area contributed by atoms with E-state index in [9.17, 15) is 23.9 Å². The summed E-state index contributed by atoms with van der Waals surface area (Å²) in [5.74, 6) is -3.26. The summed E-state index contributed by atoms with van der Waals surface area (Å²) in [5, 5.41) is 11.6. The number of fused-ring (bicyclic) bond motifs is 2. The monoisotopic (exact) mass is 545 g/mol. The molecule has 0 atom stereocenters. The van der Waals surface area contributed by atoms with Crippen LogP contribution in [0.1, 0.15) is 15.2 Å². The van der Waals surface area contributed by atoms with E-state index in [-0.39, 0.29) is 44.5 Å². The van der Waals surface area contributed by atoms with Gasteiger partial charge in [0.05, 0.1) is 28.7 Å². The fourth-order valence-corrected chi connectivity index (χ4v) is 5.02. The number of thiophene rings is 1. The van der Waals surface area contributed by atoms with E-state index in [4.69, 9.17) is 21.1 Å². The molecule has 0 spiro atoms. The standard InChI is InChI=1S/C24H14ClF2N3O6S/c1-35-18-5-15(27)17(30-22(31)20-16(29-24(30)34)9-37-21(20)23(32)33)6-19(18)36-8-12-11-7-28-3-2-10(11)13(25)4-14(12)26/h2-7,9H,8H2,1H3,(H,29,34)(H,32,33). The molecule has 0 saturated carbocycles. The molecule has 0 saturated heterocycles. The maximum atomic E-state index is 15.1. The zero-order valence-corrected chi connectivity index (χ0v) is 20.2. The molecule has 5 aromatic rings. The van der Waals surface area contributed by atoms with Crippen LogP contribution >= 0.6 is 22.9 Å². The molecule has 0 bridgehead atoms. The van der Waals surface area contributed by atoms with Gasteiger partial charge in [0, 0.05) is 46.2 Å². The Bertz CT molecular complexity index is 1850. The number of ether oxygens (including phenoxy) is 2. The van der Waals surface area contributed by atoms with Crippen molar-refractivity contribution in [2.45, 2.75) is 6.61 Å². The van der Waals surface area contributed by atoms with Gasteiger partial charge in [-0.1, -0.05) is 11.6 Å². The van der Waals surface area contributed by atoms with Crippen molar-refractivity contribution in [1.82, 2.24) is 14.5 Å². The highest BCUT2D eigenvalue weighted by Crippen LogP contribution is 2.34. The third kappa shape index (κ3) is 4.09. The molecule has 0 radical (unpaired) electrons. The molecule has 13 heteroatoms. The lowest BCUT2D eigenvalue weighted by molar-refractivity contribution is 0.0704. The van der Waals surface area contributed by atoms with E-state index in [0.717, 1.165) is 29.5 Å². The number of hydrogen-bond acceptors (Lipinski definition) is 7. The Balaban J connectivity index is 1.64. The first-order valence-corrected chi connectivity index (χ1v) is 11.7. The number of aromatic nitrogens is 3. The molecule has 37 heavy (non-hydrogen) atoms. The first-order chi connectivity index (χ1) is 17.7. The predicted octanol–water partition coefficient (Wildman–Crippen LogP) is 4.51. The van der Waals surface area contributed by atoms with Crippen LogP contribution in [0.2, 0.25) is 5.02 Å². The first kappa shape index (κ1) is 24.4. The Morgan fingerprint density at radius 1 is 1.19 bits per heavy atom. The lowest BCUT2D eigenvalue weighted by Crippen LogP contribution is -2.34. The number of pyridine rings is 1. The van der Waals surface area contributed by atoms with Crippen LogP contribution in [0.5, 0.6) is 11.5 Å². The lowest BCUT2D eigenvalue weighted by Gasteiger charge is -2.15. The number of nitrogens with zero attached hydrogens (tertiary/aromatic N) is 2. The van der Waals surface area contributed by atoms with Crippen LogP contribution in [-0.4, -0.2) is 32.7 Å². The predicted molar refractivity (Wildman–Crippen MR) is 133 cm³/mol. The molecule has 0 aliphatic heterocycles. The summed E-state index contributed by atoms with van der Waals surface area (Å²) in [7, 11) is 1.25. The molecular weight excluding hydrogens is 532 g/mol. The van der Waals surface area contributed by atoms with Crippen LogP contribution in [0, 0.1) is 11.6 Å². The number of methoxy groups -OCH3 is 1. The average molecular weight is 546 g/mol. The van der Waals surface area contributed by atoms with Crippen molar-refractivity contribution in [1.29, 1.82) is 0 Å². The Kier molecular flexibility index (Phi) is 6.13. The van der Waals surface area contributed by atoms with E-state index in [0.29, 0.717) is 15.3 Å². The summed E-state index contributed by atoms with van der Waals surface area (Å²) in [5.41, 5.74) is -2.43. The van der Waals surface area contributed by atoms with Gasteiger partial charge in [-0.05, 0) is 12.1 Å². The van der Waals surface area contributed by atoms with Crippen LogP contribution < -0.4 is 20.7 Å². The van der Waals surface area contributed by atoms with E-state index in [1.54, 1.807) is 6.07 Å². The molecule has 0 amide bonds. The minimum absolute atomic E-state index is 0.0118. The molecule has 9 nitrogen and oxygen atoms in total. The first-order valence-electron chi connectivity index (χ1n) is 10.4. The van der Waals surface area contributed by atoms with Gasteiger partial charge < -0.3 is 19.6 Å². The number of aromatic carboxylic acids is 1. The second-order valence-corrected chi connectivity index (χ2v) is 9.00. The second-order valence-electron chi connectivity index (χ2n) is 7.71. The summed E-state index contributed by atoms with van der Waals surface area (Å²) in [6.45, 7) is -0.357. The van der Waals surface area contributed by atoms with Crippen molar-refractivity contribution in [3.8, 4) is 17.2 Å². The van der Waals surface area contributed by atoms with Crippen LogP contribution in [0.4, 0.5) is 8.78 Å². The second kappa shape index (κ2) is 9.30. The number of aromatic amines is 1. The number of benzene rings is 2. The summed E-state index contributed by atoms with van der Waals surface area (Å²) in [4.78, 5) is 43.5. The van der Waals surface area contributed by atoms with Gasteiger partial charge >= 0.3 is 11.7 Å². The van der Waals surface area contributed by atoms with E-state index in [1.807, 2.05) is 0 Å². The van der Waals surface area contributed by atoms with Crippen molar-refractivity contribution in [3.63, 3.8) is 0 Å². The topological polar surface area (TPSA) is 124 Å². The Morgan fingerprint density at radius 2 is 1.97 bits per heavy atom. The number of carbonyl (C=O) groups is 1. The third-order valence-corrected chi connectivity index (χ3v) is 6.92. The highest BCUT2D eigenvalue weighted by molar-refractivity contribution is 7.13. The van der Waals surface area contributed by atoms with Gasteiger partial charge in [-0.25, -0.2) is 22.9 Å². The molecule has 3 aromatic heterocycles. The highest BCUT2D eigenvalue weighted by Gasteiger charge is 2.22. The maximum Gasteiger partial charge on any atom is 0.346 e. The number of nitrogens with one attached hydrogen (secondary N) is 1. The van der Waals surface area contributed by atoms with Crippen molar-refractivity contribution in [3.05, 3.63) is 90.0 Å². The maximum absolute atomic E-state index is 15.1. The van der Waals surface area contributed by atoms with Crippen molar-refractivity contribution in [2.75, 3.05) is 7.11 Å². The smallest absolute Gasteiger partial charge is 0.346 e. The van der Waals surface area contributed by atoms with Gasteiger partial charge in [-0.2, -0.15) is 0 Å². The number of halogens is 3. The largest absolute Gasteiger partial charge is 0.493 e. The summed E-state index contributed by atoms with van der Waals surface area (Å²) in [6, 6.07) is 4.68. The van der Waals surface area contributed by atoms with Gasteiger partial charge in [0.25, 0.3) is 5.56 Å². The summed E-state index contributed by atoms with van der Waals surface area (Å²) in [6.07, 6.45) is 2.92. The van der Waals surface area contributed by atoms with E-state index in [1.165, 1.54) is 24.9 Å². The normalized spacial score (nSPS) is 11.2. The number of carboxylic acid groups (broad SMARTS) is 1. The number of hydrogen-bond donors (Lipinski definition) is 2. The van der Waals surface area contributed by atoms with E-state index < -0.39 is 34.5 Å². The quantitative estimate of drug-likeness (QED) is 0.322. The molecule has 0 aliphatic carbocycles. The molecule has 0 aliphatic rings. The fraction of sp³-hybridized carbons (Fsp3) is 0.0833. The van der Waals surface area contributed by atoms with Crippen molar-refractivity contribution < 1.29 is 28.2 Å². The molecular formula is C24H14ClF2N3O6S. The summed E-state index contributed by atoms with van der Waals surface area (Å²) >= 11 is 6.88. The van der Waals surface area contributed by atoms with Gasteiger partial charge in [0.15, 0.2) is 17.3 Å². The number of carboxylic acids is 1. The molecule has 0 fully saturated rings. The van der Waals surface area contributed by atoms with Gasteiger partial charge in [0.2, 0.25) is 0 Å². The Hall–Kier alpha value is -4.29. The Labute approximate surface area is 214 Å². The average Bonchev–Trinajstić information content (AvgIpc) is 3.29. The minimum atomic E-state index is -1.37. The zero-order valence-electron chi connectivity index (χ0n) is 18.7. The third-order valence-electron chi connectivity index (χ3n) is 5.64. The molecule has 5 rings (SSSR count). The Morgan fingerprint density at radius 3 is 2.70 bits per heavy atom. The van der Waals surface area contributed by atoms with Crippen molar-refractivity contribution >= 4 is 50.6 Å². The number of H-pyrrole nitrogens is 1. The van der Waals surface area contributed by atoms with Crippen LogP contribution in [0.3, 0.4) is 0 Å². The lowest BCUT2D eigenvalue weighted by atomic mass is 10.1. The number of rotatable bonds is 6. The summed E-state index contributed by atoms with van der Waals surface area (Å²) < 4.78 is 41.2. The van der Waals surface area contributed by atoms with Gasteiger partial charge in [-0.15, -0.1) is 11.3 Å².